The molecule has 1 aromatic carbocycles. The summed E-state index contributed by atoms with van der Waals surface area (Å²) in [6, 6.07) is 13.2. The van der Waals surface area contributed by atoms with Gasteiger partial charge in [0.1, 0.15) is 5.76 Å². The SMILES string of the molecule is CC(c1ccco1)N(C(=O)NCc1cccc(C#N)c1)C1CC1. The molecule has 5 nitrogen and oxygen atoms in total. The Labute approximate surface area is 135 Å². The van der Waals surface area contributed by atoms with E-state index >= 15 is 0 Å². The molecule has 23 heavy (non-hydrogen) atoms. The van der Waals surface area contributed by atoms with Gasteiger partial charge in [0.15, 0.2) is 0 Å². The zero-order valence-electron chi connectivity index (χ0n) is 13.0. The van der Waals surface area contributed by atoms with Crippen molar-refractivity contribution < 1.29 is 9.21 Å². The van der Waals surface area contributed by atoms with Crippen LogP contribution in [0.5, 0.6) is 0 Å². The third-order valence-electron chi connectivity index (χ3n) is 4.05. The fourth-order valence-corrected chi connectivity index (χ4v) is 2.70. The van der Waals surface area contributed by atoms with Crippen molar-refractivity contribution in [1.29, 1.82) is 5.26 Å². The Bertz CT molecular complexity index is 714. The van der Waals surface area contributed by atoms with Crippen molar-refractivity contribution in [3.05, 3.63) is 59.5 Å². The highest BCUT2D eigenvalue weighted by Crippen LogP contribution is 2.34. The first-order valence-electron chi connectivity index (χ1n) is 7.77. The van der Waals surface area contributed by atoms with Crippen molar-refractivity contribution >= 4 is 6.03 Å². The number of carbonyl (C=O) groups is 1. The molecule has 0 spiro atoms. The summed E-state index contributed by atoms with van der Waals surface area (Å²) in [6.45, 7) is 2.38. The van der Waals surface area contributed by atoms with Crippen LogP contribution in [-0.4, -0.2) is 17.0 Å². The Hall–Kier alpha value is -2.74. The van der Waals surface area contributed by atoms with Crippen molar-refractivity contribution in [1.82, 2.24) is 10.2 Å². The van der Waals surface area contributed by atoms with E-state index in [-0.39, 0.29) is 18.1 Å². The Morgan fingerprint density at radius 2 is 2.26 bits per heavy atom. The summed E-state index contributed by atoms with van der Waals surface area (Å²) in [5.41, 5.74) is 1.51. The average Bonchev–Trinajstić information content (AvgIpc) is 3.24. The van der Waals surface area contributed by atoms with Gasteiger partial charge in [-0.15, -0.1) is 0 Å². The van der Waals surface area contributed by atoms with Crippen molar-refractivity contribution in [2.24, 2.45) is 0 Å². The van der Waals surface area contributed by atoms with E-state index in [4.69, 9.17) is 9.68 Å². The Kier molecular flexibility index (Phi) is 4.33. The fourth-order valence-electron chi connectivity index (χ4n) is 2.70. The lowest BCUT2D eigenvalue weighted by molar-refractivity contribution is 0.166. The van der Waals surface area contributed by atoms with Crippen LogP contribution in [0.15, 0.2) is 47.1 Å². The zero-order chi connectivity index (χ0) is 16.2. The fraction of sp³-hybridized carbons (Fsp3) is 0.333. The van der Waals surface area contributed by atoms with Gasteiger partial charge in [-0.05, 0) is 49.6 Å². The molecule has 2 amide bonds. The summed E-state index contributed by atoms with van der Waals surface area (Å²) in [6.07, 6.45) is 3.69. The highest BCUT2D eigenvalue weighted by atomic mass is 16.3. The van der Waals surface area contributed by atoms with Crippen LogP contribution in [0.25, 0.3) is 0 Å². The molecule has 0 saturated heterocycles. The largest absolute Gasteiger partial charge is 0.467 e. The number of nitriles is 1. The molecule has 1 aromatic heterocycles. The molecule has 1 N–H and O–H groups in total. The maximum atomic E-state index is 12.6. The summed E-state index contributed by atoms with van der Waals surface area (Å²) in [7, 11) is 0. The number of hydrogen-bond acceptors (Lipinski definition) is 3. The molecule has 1 unspecified atom stereocenters. The van der Waals surface area contributed by atoms with Gasteiger partial charge in [0.25, 0.3) is 0 Å². The predicted molar refractivity (Wildman–Crippen MR) is 85.4 cm³/mol. The molecule has 1 fully saturated rings. The maximum absolute atomic E-state index is 12.6. The number of benzene rings is 1. The van der Waals surface area contributed by atoms with E-state index in [0.717, 1.165) is 24.2 Å². The van der Waals surface area contributed by atoms with Crippen molar-refractivity contribution in [3.63, 3.8) is 0 Å². The molecule has 1 aliphatic rings. The lowest BCUT2D eigenvalue weighted by Gasteiger charge is -2.28. The molecule has 1 heterocycles. The molecule has 0 aliphatic heterocycles. The van der Waals surface area contributed by atoms with Gasteiger partial charge in [0, 0.05) is 12.6 Å². The number of carbonyl (C=O) groups excluding carboxylic acids is 1. The average molecular weight is 309 g/mol. The first-order chi connectivity index (χ1) is 11.2. The van der Waals surface area contributed by atoms with Crippen LogP contribution in [0.3, 0.4) is 0 Å². The lowest BCUT2D eigenvalue weighted by Crippen LogP contribution is -2.42. The summed E-state index contributed by atoms with van der Waals surface area (Å²) in [5, 5.41) is 11.9. The van der Waals surface area contributed by atoms with E-state index in [1.165, 1.54) is 0 Å². The van der Waals surface area contributed by atoms with Gasteiger partial charge in [0.05, 0.1) is 23.9 Å². The van der Waals surface area contributed by atoms with Crippen LogP contribution in [-0.2, 0) is 6.54 Å². The van der Waals surface area contributed by atoms with E-state index in [1.54, 1.807) is 18.4 Å². The predicted octanol–water partition coefficient (Wildman–Crippen LogP) is 3.59. The summed E-state index contributed by atoms with van der Waals surface area (Å²) in [5.74, 6) is 0.790. The Morgan fingerprint density at radius 3 is 2.91 bits per heavy atom. The highest BCUT2D eigenvalue weighted by Gasteiger charge is 2.37. The summed E-state index contributed by atoms with van der Waals surface area (Å²) >= 11 is 0. The minimum Gasteiger partial charge on any atom is -0.467 e. The number of furan rings is 1. The third-order valence-corrected chi connectivity index (χ3v) is 4.05. The number of nitrogens with zero attached hydrogens (tertiary/aromatic N) is 2. The number of rotatable bonds is 5. The monoisotopic (exact) mass is 309 g/mol. The molecular formula is C18H19N3O2. The number of urea groups is 1. The standard InChI is InChI=1S/C18H19N3O2/c1-13(17-6-3-9-23-17)21(16-7-8-16)18(22)20-12-15-5-2-4-14(10-15)11-19/h2-6,9-10,13,16H,7-8,12H2,1H3,(H,20,22). The molecule has 1 aliphatic carbocycles. The Balaban J connectivity index is 1.66. The summed E-state index contributed by atoms with van der Waals surface area (Å²) < 4.78 is 5.44. The molecule has 5 heteroatoms. The molecule has 2 aromatic rings. The van der Waals surface area contributed by atoms with Crippen LogP contribution < -0.4 is 5.32 Å². The molecule has 3 rings (SSSR count). The van der Waals surface area contributed by atoms with Crippen LogP contribution in [0.1, 0.15) is 42.7 Å². The van der Waals surface area contributed by atoms with Crippen LogP contribution in [0, 0.1) is 11.3 Å². The van der Waals surface area contributed by atoms with Crippen molar-refractivity contribution in [3.8, 4) is 6.07 Å². The van der Waals surface area contributed by atoms with Crippen molar-refractivity contribution in [2.75, 3.05) is 0 Å². The van der Waals surface area contributed by atoms with Gasteiger partial charge < -0.3 is 14.6 Å². The molecule has 0 bridgehead atoms. The van der Waals surface area contributed by atoms with E-state index in [9.17, 15) is 4.79 Å². The minimum atomic E-state index is -0.0984. The smallest absolute Gasteiger partial charge is 0.318 e. The van der Waals surface area contributed by atoms with Gasteiger partial charge >= 0.3 is 6.03 Å². The molecule has 0 radical (unpaired) electrons. The lowest BCUT2D eigenvalue weighted by atomic mass is 10.1. The number of nitrogens with one attached hydrogen (secondary N) is 1. The maximum Gasteiger partial charge on any atom is 0.318 e. The normalized spacial score (nSPS) is 14.8. The van der Waals surface area contributed by atoms with Crippen LogP contribution in [0.4, 0.5) is 4.79 Å². The minimum absolute atomic E-state index is 0.0945. The molecule has 1 atom stereocenters. The van der Waals surface area contributed by atoms with E-state index in [0.29, 0.717) is 12.1 Å². The second-order valence-electron chi connectivity index (χ2n) is 5.80. The summed E-state index contributed by atoms with van der Waals surface area (Å²) in [4.78, 5) is 14.5. The second-order valence-corrected chi connectivity index (χ2v) is 5.80. The quantitative estimate of drug-likeness (QED) is 0.917. The topological polar surface area (TPSA) is 69.3 Å². The third kappa shape index (κ3) is 3.54. The molecular weight excluding hydrogens is 290 g/mol. The van der Waals surface area contributed by atoms with Crippen LogP contribution >= 0.6 is 0 Å². The second kappa shape index (κ2) is 6.57. The van der Waals surface area contributed by atoms with Gasteiger partial charge in [-0.25, -0.2) is 4.79 Å². The Morgan fingerprint density at radius 1 is 1.43 bits per heavy atom. The number of amides is 2. The molecule has 1 saturated carbocycles. The molecule has 118 valence electrons. The van der Waals surface area contributed by atoms with E-state index < -0.39 is 0 Å². The van der Waals surface area contributed by atoms with E-state index in [1.807, 2.05) is 36.1 Å². The van der Waals surface area contributed by atoms with Crippen LogP contribution in [0.2, 0.25) is 0 Å². The van der Waals surface area contributed by atoms with Gasteiger partial charge in [-0.3, -0.25) is 0 Å². The van der Waals surface area contributed by atoms with E-state index in [2.05, 4.69) is 11.4 Å². The van der Waals surface area contributed by atoms with Crippen molar-refractivity contribution in [2.45, 2.75) is 38.4 Å². The number of hydrogen-bond donors (Lipinski definition) is 1. The van der Waals surface area contributed by atoms with Gasteiger partial charge in [0.2, 0.25) is 0 Å². The van der Waals surface area contributed by atoms with Gasteiger partial charge in [-0.1, -0.05) is 12.1 Å². The first kappa shape index (κ1) is 15.2. The highest BCUT2D eigenvalue weighted by molar-refractivity contribution is 5.75. The zero-order valence-corrected chi connectivity index (χ0v) is 13.0. The van der Waals surface area contributed by atoms with Gasteiger partial charge in [-0.2, -0.15) is 5.26 Å². The first-order valence-corrected chi connectivity index (χ1v) is 7.77.